The number of amides is 2. The van der Waals surface area contributed by atoms with E-state index in [9.17, 15) is 4.79 Å². The monoisotopic (exact) mass is 358 g/mol. The predicted molar refractivity (Wildman–Crippen MR) is 96.8 cm³/mol. The lowest BCUT2D eigenvalue weighted by Gasteiger charge is -2.36. The number of piperazine rings is 1. The lowest BCUT2D eigenvalue weighted by molar-refractivity contribution is 0.194. The van der Waals surface area contributed by atoms with Crippen molar-refractivity contribution in [2.24, 2.45) is 0 Å². The number of hydrogen-bond acceptors (Lipinski definition) is 3. The van der Waals surface area contributed by atoms with Crippen molar-refractivity contribution >= 4 is 34.9 Å². The summed E-state index contributed by atoms with van der Waals surface area (Å²) in [4.78, 5) is 18.3. The molecular formula is C16H24Cl2N4O. The molecule has 1 fully saturated rings. The second-order valence-corrected chi connectivity index (χ2v) is 6.80. The van der Waals surface area contributed by atoms with Crippen LogP contribution in [0.25, 0.3) is 0 Å². The van der Waals surface area contributed by atoms with Crippen molar-refractivity contribution in [1.29, 1.82) is 0 Å². The molecular weight excluding hydrogens is 335 g/mol. The second kappa shape index (κ2) is 8.62. The van der Waals surface area contributed by atoms with Gasteiger partial charge < -0.3 is 20.0 Å². The molecule has 0 unspecified atom stereocenters. The molecule has 5 nitrogen and oxygen atoms in total. The Bertz CT molecular complexity index is 531. The first-order chi connectivity index (χ1) is 11.0. The van der Waals surface area contributed by atoms with Crippen LogP contribution >= 0.6 is 23.2 Å². The topological polar surface area (TPSA) is 38.8 Å². The Morgan fingerprint density at radius 2 is 1.91 bits per heavy atom. The Morgan fingerprint density at radius 1 is 1.22 bits per heavy atom. The highest BCUT2D eigenvalue weighted by Crippen LogP contribution is 2.29. The molecule has 0 radical (unpaired) electrons. The number of urea groups is 1. The van der Waals surface area contributed by atoms with Gasteiger partial charge in [0.25, 0.3) is 0 Å². The second-order valence-electron chi connectivity index (χ2n) is 5.96. The normalized spacial score (nSPS) is 15.2. The summed E-state index contributed by atoms with van der Waals surface area (Å²) in [5.74, 6) is 0. The Hall–Kier alpha value is -1.17. The van der Waals surface area contributed by atoms with Crippen molar-refractivity contribution in [3.8, 4) is 0 Å². The highest BCUT2D eigenvalue weighted by atomic mass is 35.5. The van der Waals surface area contributed by atoms with Crippen LogP contribution in [0, 0.1) is 0 Å². The smallest absolute Gasteiger partial charge is 0.317 e. The maximum atomic E-state index is 12.1. The van der Waals surface area contributed by atoms with Crippen molar-refractivity contribution in [3.63, 3.8) is 0 Å². The third-order valence-electron chi connectivity index (χ3n) is 3.88. The summed E-state index contributed by atoms with van der Waals surface area (Å²) in [6.07, 6.45) is 0.957. The van der Waals surface area contributed by atoms with Crippen LogP contribution in [-0.4, -0.2) is 69.2 Å². The van der Waals surface area contributed by atoms with Gasteiger partial charge in [-0.3, -0.25) is 0 Å². The summed E-state index contributed by atoms with van der Waals surface area (Å²) in [7, 11) is 4.06. The fourth-order valence-electron chi connectivity index (χ4n) is 2.59. The van der Waals surface area contributed by atoms with Gasteiger partial charge in [-0.05, 0) is 45.3 Å². The highest BCUT2D eigenvalue weighted by molar-refractivity contribution is 6.36. The number of hydrogen-bond donors (Lipinski definition) is 1. The Morgan fingerprint density at radius 3 is 2.52 bits per heavy atom. The molecule has 1 aliphatic heterocycles. The van der Waals surface area contributed by atoms with Crippen LogP contribution < -0.4 is 10.2 Å². The summed E-state index contributed by atoms with van der Waals surface area (Å²) in [6, 6.07) is 5.54. The summed E-state index contributed by atoms with van der Waals surface area (Å²) < 4.78 is 0. The van der Waals surface area contributed by atoms with E-state index in [1.807, 2.05) is 31.1 Å². The average molecular weight is 359 g/mol. The van der Waals surface area contributed by atoms with Crippen LogP contribution in [0.15, 0.2) is 18.2 Å². The average Bonchev–Trinajstić information content (AvgIpc) is 2.51. The minimum absolute atomic E-state index is 0.0191. The molecule has 1 heterocycles. The van der Waals surface area contributed by atoms with E-state index in [0.717, 1.165) is 31.7 Å². The Balaban J connectivity index is 1.78. The van der Waals surface area contributed by atoms with E-state index in [0.29, 0.717) is 29.7 Å². The van der Waals surface area contributed by atoms with Gasteiger partial charge in [0.1, 0.15) is 0 Å². The summed E-state index contributed by atoms with van der Waals surface area (Å²) >= 11 is 12.2. The van der Waals surface area contributed by atoms with Gasteiger partial charge in [-0.1, -0.05) is 23.2 Å². The van der Waals surface area contributed by atoms with Crippen LogP contribution in [0.3, 0.4) is 0 Å². The number of nitrogens with one attached hydrogen (secondary N) is 1. The molecule has 7 heteroatoms. The predicted octanol–water partition coefficient (Wildman–Crippen LogP) is 2.78. The number of carbonyl (C=O) groups excluding carboxylic acids is 1. The van der Waals surface area contributed by atoms with E-state index in [4.69, 9.17) is 23.2 Å². The van der Waals surface area contributed by atoms with Crippen LogP contribution in [0.5, 0.6) is 0 Å². The van der Waals surface area contributed by atoms with Gasteiger partial charge >= 0.3 is 6.03 Å². The van der Waals surface area contributed by atoms with E-state index in [2.05, 4.69) is 15.1 Å². The van der Waals surface area contributed by atoms with Crippen molar-refractivity contribution in [2.75, 3.05) is 58.3 Å². The maximum absolute atomic E-state index is 12.1. The Kier molecular flexibility index (Phi) is 6.81. The number of rotatable bonds is 5. The number of nitrogens with zero attached hydrogens (tertiary/aromatic N) is 3. The van der Waals surface area contributed by atoms with Gasteiger partial charge in [-0.25, -0.2) is 4.79 Å². The van der Waals surface area contributed by atoms with Crippen molar-refractivity contribution in [2.45, 2.75) is 6.42 Å². The number of carbonyl (C=O) groups is 1. The molecule has 1 aromatic rings. The SMILES string of the molecule is CN(C)CCCNC(=O)N1CCN(c2ccc(Cl)cc2Cl)CC1. The van der Waals surface area contributed by atoms with Gasteiger partial charge in [-0.2, -0.15) is 0 Å². The third kappa shape index (κ3) is 5.44. The van der Waals surface area contributed by atoms with E-state index >= 15 is 0 Å². The first-order valence-corrected chi connectivity index (χ1v) is 8.60. The molecule has 1 aromatic carbocycles. The molecule has 2 rings (SSSR count). The van der Waals surface area contributed by atoms with Crippen LogP contribution in [0.4, 0.5) is 10.5 Å². The molecule has 1 saturated heterocycles. The quantitative estimate of drug-likeness (QED) is 0.822. The summed E-state index contributed by atoms with van der Waals surface area (Å²) in [5, 5.41) is 4.27. The fourth-order valence-corrected chi connectivity index (χ4v) is 3.12. The fraction of sp³-hybridized carbons (Fsp3) is 0.562. The minimum atomic E-state index is 0.0191. The first-order valence-electron chi connectivity index (χ1n) is 7.85. The zero-order chi connectivity index (χ0) is 16.8. The van der Waals surface area contributed by atoms with Gasteiger partial charge in [0, 0.05) is 37.7 Å². The molecule has 1 N–H and O–H groups in total. The van der Waals surface area contributed by atoms with Crippen molar-refractivity contribution in [1.82, 2.24) is 15.1 Å². The molecule has 0 spiro atoms. The van der Waals surface area contributed by atoms with Crippen molar-refractivity contribution < 1.29 is 4.79 Å². The zero-order valence-electron chi connectivity index (χ0n) is 13.7. The molecule has 128 valence electrons. The lowest BCUT2D eigenvalue weighted by atomic mass is 10.2. The molecule has 2 amide bonds. The van der Waals surface area contributed by atoms with Crippen LogP contribution in [0.1, 0.15) is 6.42 Å². The number of halogens is 2. The molecule has 0 bridgehead atoms. The van der Waals surface area contributed by atoms with E-state index in [1.165, 1.54) is 0 Å². The lowest BCUT2D eigenvalue weighted by Crippen LogP contribution is -2.52. The first kappa shape index (κ1) is 18.2. The molecule has 1 aliphatic rings. The van der Waals surface area contributed by atoms with E-state index in [1.54, 1.807) is 6.07 Å². The molecule has 0 atom stereocenters. The largest absolute Gasteiger partial charge is 0.367 e. The summed E-state index contributed by atoms with van der Waals surface area (Å²) in [5.41, 5.74) is 0.974. The zero-order valence-corrected chi connectivity index (χ0v) is 15.2. The van der Waals surface area contributed by atoms with Crippen LogP contribution in [0.2, 0.25) is 10.0 Å². The van der Waals surface area contributed by atoms with Gasteiger partial charge in [0.15, 0.2) is 0 Å². The van der Waals surface area contributed by atoms with E-state index in [-0.39, 0.29) is 6.03 Å². The number of benzene rings is 1. The molecule has 23 heavy (non-hydrogen) atoms. The minimum Gasteiger partial charge on any atom is -0.367 e. The van der Waals surface area contributed by atoms with Crippen molar-refractivity contribution in [3.05, 3.63) is 28.2 Å². The van der Waals surface area contributed by atoms with Gasteiger partial charge in [0.05, 0.1) is 10.7 Å². The van der Waals surface area contributed by atoms with Crippen LogP contribution in [-0.2, 0) is 0 Å². The molecule has 0 saturated carbocycles. The van der Waals surface area contributed by atoms with E-state index < -0.39 is 0 Å². The standard InChI is InChI=1S/C16H24Cl2N4O/c1-20(2)7-3-6-19-16(23)22-10-8-21(9-11-22)15-5-4-13(17)12-14(15)18/h4-5,12H,3,6-11H2,1-2H3,(H,19,23). The molecule has 0 aliphatic carbocycles. The Labute approximate surface area is 148 Å². The number of anilines is 1. The highest BCUT2D eigenvalue weighted by Gasteiger charge is 2.22. The third-order valence-corrected chi connectivity index (χ3v) is 4.41. The maximum Gasteiger partial charge on any atom is 0.317 e. The van der Waals surface area contributed by atoms with Gasteiger partial charge in [0.2, 0.25) is 0 Å². The molecule has 0 aromatic heterocycles. The van der Waals surface area contributed by atoms with Gasteiger partial charge in [-0.15, -0.1) is 0 Å². The summed E-state index contributed by atoms with van der Waals surface area (Å²) in [6.45, 7) is 4.61.